The maximum Gasteiger partial charge on any atom is 0.255 e. The van der Waals surface area contributed by atoms with Crippen LogP contribution >= 0.6 is 0 Å². The van der Waals surface area contributed by atoms with Gasteiger partial charge in [0.1, 0.15) is 11.5 Å². The van der Waals surface area contributed by atoms with Gasteiger partial charge in [-0.25, -0.2) is 0 Å². The molecule has 0 fully saturated rings. The van der Waals surface area contributed by atoms with Crippen molar-refractivity contribution in [2.75, 3.05) is 19.0 Å². The van der Waals surface area contributed by atoms with E-state index in [9.17, 15) is 9.59 Å². The Labute approximate surface area is 231 Å². The number of rotatable bonds is 11. The molecule has 6 nitrogen and oxygen atoms in total. The number of methoxy groups -OCH3 is 1. The van der Waals surface area contributed by atoms with Crippen LogP contribution in [0.2, 0.25) is 0 Å². The second-order valence-electron chi connectivity index (χ2n) is 10.6. The van der Waals surface area contributed by atoms with Crippen molar-refractivity contribution < 1.29 is 19.1 Å². The van der Waals surface area contributed by atoms with Gasteiger partial charge in [0.05, 0.1) is 13.7 Å². The van der Waals surface area contributed by atoms with Gasteiger partial charge in [0, 0.05) is 39.7 Å². The van der Waals surface area contributed by atoms with Gasteiger partial charge >= 0.3 is 0 Å². The second-order valence-corrected chi connectivity index (χ2v) is 10.6. The Balaban J connectivity index is 1.44. The molecule has 39 heavy (non-hydrogen) atoms. The number of hydrogen-bond donors (Lipinski definition) is 2. The van der Waals surface area contributed by atoms with E-state index in [0.29, 0.717) is 23.4 Å². The van der Waals surface area contributed by atoms with E-state index in [-0.39, 0.29) is 17.2 Å². The summed E-state index contributed by atoms with van der Waals surface area (Å²) < 4.78 is 11.2. The molecular weight excluding hydrogens is 488 g/mol. The average Bonchev–Trinajstić information content (AvgIpc) is 2.92. The molecule has 0 bridgehead atoms. The standard InChI is InChI=1S/C33H38N2O4/c1-5-6-7-8-18-39-27-15-12-23(13-16-27)32(37)34-26-11-9-10-24(19-26)31(36)21-30-29-20-28(38-4)17-14-25(29)22-33(2,3)35-30/h9-17,19-21,35H,5-8,18,22H2,1-4H3,(H,34,37)/b30-21-. The zero-order chi connectivity index (χ0) is 27.8. The second kappa shape index (κ2) is 12.7. The molecule has 6 heteroatoms. The number of anilines is 1. The van der Waals surface area contributed by atoms with Crippen LogP contribution < -0.4 is 20.1 Å². The molecule has 0 atom stereocenters. The number of benzene rings is 3. The minimum atomic E-state index is -0.246. The summed E-state index contributed by atoms with van der Waals surface area (Å²) in [6.07, 6.45) is 7.05. The van der Waals surface area contributed by atoms with Crippen LogP contribution in [-0.4, -0.2) is 30.9 Å². The molecule has 3 aromatic carbocycles. The highest BCUT2D eigenvalue weighted by Crippen LogP contribution is 2.32. The largest absolute Gasteiger partial charge is 0.497 e. The zero-order valence-electron chi connectivity index (χ0n) is 23.3. The Hall–Kier alpha value is -4.06. The Morgan fingerprint density at radius 2 is 1.72 bits per heavy atom. The van der Waals surface area contributed by atoms with Crippen molar-refractivity contribution in [2.24, 2.45) is 0 Å². The molecule has 0 saturated carbocycles. The molecule has 0 radical (unpaired) electrons. The fourth-order valence-electron chi connectivity index (χ4n) is 4.74. The summed E-state index contributed by atoms with van der Waals surface area (Å²) >= 11 is 0. The molecule has 0 aromatic heterocycles. The van der Waals surface area contributed by atoms with Crippen molar-refractivity contribution in [3.05, 3.63) is 95.1 Å². The third kappa shape index (κ3) is 7.50. The van der Waals surface area contributed by atoms with E-state index in [1.165, 1.54) is 12.8 Å². The first-order chi connectivity index (χ1) is 18.8. The monoisotopic (exact) mass is 526 g/mol. The average molecular weight is 527 g/mol. The van der Waals surface area contributed by atoms with E-state index in [0.717, 1.165) is 47.6 Å². The molecule has 1 heterocycles. The van der Waals surface area contributed by atoms with E-state index >= 15 is 0 Å². The molecule has 1 aliphatic rings. The fraction of sp³-hybridized carbons (Fsp3) is 0.333. The normalized spacial score (nSPS) is 14.7. The molecule has 204 valence electrons. The van der Waals surface area contributed by atoms with Crippen molar-refractivity contribution in [3.63, 3.8) is 0 Å². The van der Waals surface area contributed by atoms with Crippen LogP contribution in [0.5, 0.6) is 11.5 Å². The number of allylic oxidation sites excluding steroid dienone is 1. The van der Waals surface area contributed by atoms with Gasteiger partial charge in [-0.1, -0.05) is 44.4 Å². The summed E-state index contributed by atoms with van der Waals surface area (Å²) in [6, 6.07) is 20.1. The number of unbranched alkanes of at least 4 members (excludes halogenated alkanes) is 3. The Kier molecular flexibility index (Phi) is 9.07. The van der Waals surface area contributed by atoms with Crippen LogP contribution in [0.1, 0.15) is 78.3 Å². The van der Waals surface area contributed by atoms with Gasteiger partial charge < -0.3 is 20.1 Å². The Bertz CT molecular complexity index is 1340. The molecule has 1 amide bonds. The molecule has 2 N–H and O–H groups in total. The lowest BCUT2D eigenvalue weighted by atomic mass is 9.85. The smallest absolute Gasteiger partial charge is 0.255 e. The van der Waals surface area contributed by atoms with Gasteiger partial charge in [-0.2, -0.15) is 0 Å². The highest BCUT2D eigenvalue weighted by atomic mass is 16.5. The number of amides is 1. The van der Waals surface area contributed by atoms with Crippen LogP contribution in [-0.2, 0) is 6.42 Å². The van der Waals surface area contributed by atoms with E-state index < -0.39 is 0 Å². The lowest BCUT2D eigenvalue weighted by Gasteiger charge is -2.35. The quantitative estimate of drug-likeness (QED) is 0.159. The zero-order valence-corrected chi connectivity index (χ0v) is 23.3. The summed E-state index contributed by atoms with van der Waals surface area (Å²) in [7, 11) is 1.63. The van der Waals surface area contributed by atoms with E-state index in [1.807, 2.05) is 24.3 Å². The molecule has 0 unspecified atom stereocenters. The maximum atomic E-state index is 13.3. The number of ketones is 1. The number of ether oxygens (including phenoxy) is 2. The minimum Gasteiger partial charge on any atom is -0.497 e. The van der Waals surface area contributed by atoms with Crippen LogP contribution in [0.15, 0.2) is 72.8 Å². The molecule has 4 rings (SSSR count). The summed E-state index contributed by atoms with van der Waals surface area (Å²) in [5.74, 6) is 1.09. The molecule has 3 aromatic rings. The van der Waals surface area contributed by atoms with Gasteiger partial charge in [0.15, 0.2) is 5.78 Å². The predicted molar refractivity (Wildman–Crippen MR) is 157 cm³/mol. The van der Waals surface area contributed by atoms with Crippen molar-refractivity contribution in [2.45, 2.75) is 58.4 Å². The van der Waals surface area contributed by atoms with Gasteiger partial charge in [-0.3, -0.25) is 9.59 Å². The number of carbonyl (C=O) groups excluding carboxylic acids is 2. The molecule has 0 saturated heterocycles. The third-order valence-electron chi connectivity index (χ3n) is 6.78. The maximum absolute atomic E-state index is 13.3. The summed E-state index contributed by atoms with van der Waals surface area (Å²) in [6.45, 7) is 7.08. The molecule has 0 spiro atoms. The van der Waals surface area contributed by atoms with E-state index in [2.05, 4.69) is 37.5 Å². The van der Waals surface area contributed by atoms with Gasteiger partial charge in [-0.15, -0.1) is 0 Å². The summed E-state index contributed by atoms with van der Waals surface area (Å²) in [5.41, 5.74) is 4.24. The summed E-state index contributed by atoms with van der Waals surface area (Å²) in [5, 5.41) is 6.40. The van der Waals surface area contributed by atoms with E-state index in [4.69, 9.17) is 9.47 Å². The van der Waals surface area contributed by atoms with Crippen LogP contribution in [0.3, 0.4) is 0 Å². The Morgan fingerprint density at radius 3 is 2.46 bits per heavy atom. The minimum absolute atomic E-state index is 0.152. The first-order valence-corrected chi connectivity index (χ1v) is 13.6. The highest BCUT2D eigenvalue weighted by Gasteiger charge is 2.28. The molecule has 0 aliphatic carbocycles. The molecule has 1 aliphatic heterocycles. The lowest BCUT2D eigenvalue weighted by Crippen LogP contribution is -2.43. The number of fused-ring (bicyclic) bond motifs is 1. The topological polar surface area (TPSA) is 76.7 Å². The van der Waals surface area contributed by atoms with Crippen molar-refractivity contribution in [3.8, 4) is 11.5 Å². The molecular formula is C33H38N2O4. The van der Waals surface area contributed by atoms with Crippen molar-refractivity contribution in [1.82, 2.24) is 5.32 Å². The highest BCUT2D eigenvalue weighted by molar-refractivity contribution is 6.10. The van der Waals surface area contributed by atoms with Crippen LogP contribution in [0, 0.1) is 0 Å². The number of nitrogens with one attached hydrogen (secondary N) is 2. The lowest BCUT2D eigenvalue weighted by molar-refractivity contribution is 0.102. The fourth-order valence-corrected chi connectivity index (χ4v) is 4.74. The number of hydrogen-bond acceptors (Lipinski definition) is 5. The van der Waals surface area contributed by atoms with Crippen LogP contribution in [0.25, 0.3) is 5.70 Å². The summed E-state index contributed by atoms with van der Waals surface area (Å²) in [4.78, 5) is 26.2. The SMILES string of the molecule is CCCCCCOc1ccc(C(=O)Nc2cccc(C(=O)/C=C3\NC(C)(C)Cc4ccc(OC)cc43)c2)cc1. The first kappa shape index (κ1) is 28.0. The van der Waals surface area contributed by atoms with Crippen molar-refractivity contribution >= 4 is 23.1 Å². The van der Waals surface area contributed by atoms with E-state index in [1.54, 1.807) is 49.6 Å². The third-order valence-corrected chi connectivity index (χ3v) is 6.78. The van der Waals surface area contributed by atoms with Gasteiger partial charge in [-0.05, 0) is 80.8 Å². The predicted octanol–water partition coefficient (Wildman–Crippen LogP) is 7.05. The van der Waals surface area contributed by atoms with Gasteiger partial charge in [0.25, 0.3) is 5.91 Å². The van der Waals surface area contributed by atoms with Crippen molar-refractivity contribution in [1.29, 1.82) is 0 Å². The van der Waals surface area contributed by atoms with Gasteiger partial charge in [0.2, 0.25) is 0 Å². The Morgan fingerprint density at radius 1 is 0.949 bits per heavy atom. The first-order valence-electron chi connectivity index (χ1n) is 13.6. The van der Waals surface area contributed by atoms with Crippen LogP contribution in [0.4, 0.5) is 5.69 Å². The number of carbonyl (C=O) groups is 2.